The highest BCUT2D eigenvalue weighted by Gasteiger charge is 2.34. The van der Waals surface area contributed by atoms with Gasteiger partial charge in [-0.1, -0.05) is 25.4 Å². The Kier molecular flexibility index (Phi) is 3.98. The maximum atomic E-state index is 6.34. The number of morpholine rings is 1. The predicted molar refractivity (Wildman–Crippen MR) is 79.2 cm³/mol. The van der Waals surface area contributed by atoms with Gasteiger partial charge in [-0.2, -0.15) is 0 Å². The van der Waals surface area contributed by atoms with Gasteiger partial charge in [-0.25, -0.2) is 9.97 Å². The fourth-order valence-corrected chi connectivity index (χ4v) is 3.78. The molecular weight excluding hydrogens is 274 g/mol. The molecule has 110 valence electrons. The summed E-state index contributed by atoms with van der Waals surface area (Å²) < 4.78 is 5.96. The Morgan fingerprint density at radius 1 is 1.35 bits per heavy atom. The Hall–Kier alpha value is -0.710. The van der Waals surface area contributed by atoms with Gasteiger partial charge in [-0.3, -0.25) is 4.90 Å². The molecule has 4 nitrogen and oxygen atoms in total. The van der Waals surface area contributed by atoms with E-state index < -0.39 is 0 Å². The van der Waals surface area contributed by atoms with Gasteiger partial charge in [-0.15, -0.1) is 0 Å². The van der Waals surface area contributed by atoms with E-state index in [2.05, 4.69) is 28.7 Å². The number of aromatic nitrogens is 2. The van der Waals surface area contributed by atoms with E-state index in [0.717, 1.165) is 30.2 Å². The first-order valence-corrected chi connectivity index (χ1v) is 7.83. The molecule has 5 heteroatoms. The van der Waals surface area contributed by atoms with E-state index in [0.29, 0.717) is 17.1 Å². The molecule has 3 rings (SSSR count). The number of ether oxygens (including phenoxy) is 1. The lowest BCUT2D eigenvalue weighted by Gasteiger charge is -2.34. The van der Waals surface area contributed by atoms with Crippen LogP contribution in [-0.4, -0.2) is 40.6 Å². The van der Waals surface area contributed by atoms with Crippen molar-refractivity contribution in [1.29, 1.82) is 0 Å². The maximum absolute atomic E-state index is 6.34. The van der Waals surface area contributed by atoms with Crippen molar-refractivity contribution in [1.82, 2.24) is 14.9 Å². The average Bonchev–Trinajstić information content (AvgIpc) is 2.84. The molecule has 0 radical (unpaired) electrons. The normalized spacial score (nSPS) is 27.1. The zero-order chi connectivity index (χ0) is 14.3. The molecule has 1 aromatic rings. The summed E-state index contributed by atoms with van der Waals surface area (Å²) in [6, 6.07) is 0.595. The highest BCUT2D eigenvalue weighted by Crippen LogP contribution is 2.31. The second-order valence-electron chi connectivity index (χ2n) is 6.14. The van der Waals surface area contributed by atoms with E-state index in [-0.39, 0.29) is 6.10 Å². The van der Waals surface area contributed by atoms with E-state index in [4.69, 9.17) is 16.3 Å². The van der Waals surface area contributed by atoms with Crippen LogP contribution in [0.4, 0.5) is 0 Å². The molecule has 1 aromatic heterocycles. The number of fused-ring (bicyclic) bond motifs is 1. The molecule has 2 saturated heterocycles. The van der Waals surface area contributed by atoms with Crippen molar-refractivity contribution in [3.8, 4) is 0 Å². The summed E-state index contributed by atoms with van der Waals surface area (Å²) in [6.45, 7) is 9.08. The summed E-state index contributed by atoms with van der Waals surface area (Å²) in [4.78, 5) is 11.6. The van der Waals surface area contributed by atoms with Crippen LogP contribution in [0.2, 0.25) is 5.15 Å². The molecule has 0 N–H and O–H groups in total. The van der Waals surface area contributed by atoms with Crippen LogP contribution in [0.5, 0.6) is 0 Å². The Balaban J connectivity index is 1.84. The first-order valence-electron chi connectivity index (χ1n) is 7.46. The van der Waals surface area contributed by atoms with Gasteiger partial charge in [0.05, 0.1) is 6.61 Å². The largest absolute Gasteiger partial charge is 0.367 e. The standard InChI is InChI=1S/C15H22ClN3O/c1-9(2)13-10(3)17-15(18-14(13)16)12-7-19-6-4-5-11(19)8-20-12/h9,11-12H,4-8H2,1-3H3. The fraction of sp³-hybridized carbons (Fsp3) is 0.733. The minimum absolute atomic E-state index is 0.0400. The average molecular weight is 296 g/mol. The molecular formula is C15H22ClN3O. The van der Waals surface area contributed by atoms with Crippen molar-refractivity contribution >= 4 is 11.6 Å². The van der Waals surface area contributed by atoms with Crippen molar-refractivity contribution in [3.63, 3.8) is 0 Å². The third-order valence-electron chi connectivity index (χ3n) is 4.36. The molecule has 0 aromatic carbocycles. The molecule has 3 heterocycles. The first-order chi connectivity index (χ1) is 9.56. The van der Waals surface area contributed by atoms with Crippen molar-refractivity contribution in [2.24, 2.45) is 0 Å². The quantitative estimate of drug-likeness (QED) is 0.786. The monoisotopic (exact) mass is 295 g/mol. The first kappa shape index (κ1) is 14.2. The van der Waals surface area contributed by atoms with E-state index in [1.807, 2.05) is 6.92 Å². The van der Waals surface area contributed by atoms with Gasteiger partial charge in [0.1, 0.15) is 11.3 Å². The van der Waals surface area contributed by atoms with Crippen LogP contribution in [0.25, 0.3) is 0 Å². The van der Waals surface area contributed by atoms with Crippen molar-refractivity contribution in [2.45, 2.75) is 51.7 Å². The van der Waals surface area contributed by atoms with Crippen LogP contribution in [0, 0.1) is 6.92 Å². The summed E-state index contributed by atoms with van der Waals surface area (Å²) >= 11 is 6.34. The lowest BCUT2D eigenvalue weighted by atomic mass is 10.0. The van der Waals surface area contributed by atoms with Gasteiger partial charge >= 0.3 is 0 Å². The molecule has 2 aliphatic heterocycles. The smallest absolute Gasteiger partial charge is 0.160 e. The fourth-order valence-electron chi connectivity index (χ4n) is 3.34. The minimum Gasteiger partial charge on any atom is -0.367 e. The number of hydrogen-bond donors (Lipinski definition) is 0. The zero-order valence-electron chi connectivity index (χ0n) is 12.4. The SMILES string of the molecule is Cc1nc(C2CN3CCCC3CO2)nc(Cl)c1C(C)C. The van der Waals surface area contributed by atoms with E-state index in [1.165, 1.54) is 19.4 Å². The van der Waals surface area contributed by atoms with Crippen LogP contribution < -0.4 is 0 Å². The number of nitrogens with zero attached hydrogens (tertiary/aromatic N) is 3. The van der Waals surface area contributed by atoms with Crippen LogP contribution in [0.15, 0.2) is 0 Å². The molecule has 2 unspecified atom stereocenters. The van der Waals surface area contributed by atoms with Gasteiger partial charge in [-0.05, 0) is 32.2 Å². The minimum atomic E-state index is -0.0400. The maximum Gasteiger partial charge on any atom is 0.160 e. The Labute approximate surface area is 125 Å². The molecule has 0 aliphatic carbocycles. The Morgan fingerprint density at radius 3 is 2.85 bits per heavy atom. The van der Waals surface area contributed by atoms with Crippen molar-refractivity contribution in [3.05, 3.63) is 22.2 Å². The predicted octanol–water partition coefficient (Wildman–Crippen LogP) is 3.10. The number of aryl methyl sites for hydroxylation is 1. The molecule has 0 saturated carbocycles. The van der Waals surface area contributed by atoms with Crippen LogP contribution in [0.1, 0.15) is 55.8 Å². The van der Waals surface area contributed by atoms with E-state index in [1.54, 1.807) is 0 Å². The van der Waals surface area contributed by atoms with Crippen LogP contribution in [0.3, 0.4) is 0 Å². The summed E-state index contributed by atoms with van der Waals surface area (Å²) in [5, 5.41) is 0.578. The van der Waals surface area contributed by atoms with Gasteiger partial charge < -0.3 is 4.74 Å². The number of halogens is 1. The molecule has 0 spiro atoms. The Morgan fingerprint density at radius 2 is 2.15 bits per heavy atom. The molecule has 2 fully saturated rings. The highest BCUT2D eigenvalue weighted by atomic mass is 35.5. The third-order valence-corrected chi connectivity index (χ3v) is 4.65. The summed E-state index contributed by atoms with van der Waals surface area (Å²) in [6.07, 6.45) is 2.48. The van der Waals surface area contributed by atoms with Gasteiger partial charge in [0.25, 0.3) is 0 Å². The summed E-state index contributed by atoms with van der Waals surface area (Å²) in [7, 11) is 0. The number of hydrogen-bond acceptors (Lipinski definition) is 4. The third kappa shape index (κ3) is 2.57. The van der Waals surface area contributed by atoms with E-state index >= 15 is 0 Å². The molecule has 20 heavy (non-hydrogen) atoms. The zero-order valence-corrected chi connectivity index (χ0v) is 13.2. The Bertz CT molecular complexity index is 483. The molecule has 2 atom stereocenters. The summed E-state index contributed by atoms with van der Waals surface area (Å²) in [5.74, 6) is 1.08. The van der Waals surface area contributed by atoms with Crippen molar-refractivity contribution < 1.29 is 4.74 Å². The number of rotatable bonds is 2. The van der Waals surface area contributed by atoms with Gasteiger partial charge in [0, 0.05) is 23.8 Å². The lowest BCUT2D eigenvalue weighted by Crippen LogP contribution is -2.43. The molecule has 0 amide bonds. The topological polar surface area (TPSA) is 38.2 Å². The van der Waals surface area contributed by atoms with Gasteiger partial charge in [0.15, 0.2) is 5.82 Å². The lowest BCUT2D eigenvalue weighted by molar-refractivity contribution is -0.0542. The second-order valence-corrected chi connectivity index (χ2v) is 6.50. The van der Waals surface area contributed by atoms with Crippen LogP contribution in [-0.2, 0) is 4.74 Å². The van der Waals surface area contributed by atoms with Crippen molar-refractivity contribution in [2.75, 3.05) is 19.7 Å². The van der Waals surface area contributed by atoms with E-state index in [9.17, 15) is 0 Å². The summed E-state index contributed by atoms with van der Waals surface area (Å²) in [5.41, 5.74) is 2.02. The second kappa shape index (κ2) is 5.58. The van der Waals surface area contributed by atoms with Crippen LogP contribution >= 0.6 is 11.6 Å². The highest BCUT2D eigenvalue weighted by molar-refractivity contribution is 6.30. The van der Waals surface area contributed by atoms with Gasteiger partial charge in [0.2, 0.25) is 0 Å². The molecule has 0 bridgehead atoms. The molecule has 2 aliphatic rings.